The van der Waals surface area contributed by atoms with Crippen molar-refractivity contribution >= 4 is 17.5 Å². The van der Waals surface area contributed by atoms with E-state index in [4.69, 9.17) is 5.11 Å². The second-order valence-corrected chi connectivity index (χ2v) is 3.23. The number of benzene rings is 1. The first-order valence-corrected chi connectivity index (χ1v) is 4.64. The number of hydrogen-bond acceptors (Lipinski definition) is 3. The predicted molar refractivity (Wildman–Crippen MR) is 59.1 cm³/mol. The molecule has 4 heteroatoms. The third-order valence-corrected chi connectivity index (χ3v) is 2.10. The third-order valence-electron chi connectivity index (χ3n) is 2.10. The van der Waals surface area contributed by atoms with Gasteiger partial charge in [-0.3, -0.25) is 0 Å². The van der Waals surface area contributed by atoms with Crippen LogP contribution in [-0.4, -0.2) is 24.2 Å². The predicted octanol–water partition coefficient (Wildman–Crippen LogP) is 1.96. The molecule has 0 saturated carbocycles. The Labute approximate surface area is 93.2 Å². The number of carboxylic acid groups (broad SMARTS) is 1. The van der Waals surface area contributed by atoms with Crippen LogP contribution in [0, 0.1) is 0 Å². The average Bonchev–Trinajstić information content (AvgIpc) is 2.27. The second kappa shape index (κ2) is 5.11. The number of ether oxygens (including phenoxy) is 1. The molecule has 4 nitrogen and oxygen atoms in total. The van der Waals surface area contributed by atoms with Crippen molar-refractivity contribution in [3.8, 4) is 0 Å². The number of allylic oxidation sites excluding steroid dienone is 1. The minimum absolute atomic E-state index is 0.411. The average molecular weight is 220 g/mol. The smallest absolute Gasteiger partial charge is 0.337 e. The molecule has 0 radical (unpaired) electrons. The van der Waals surface area contributed by atoms with Gasteiger partial charge in [0.05, 0.1) is 12.7 Å². The highest BCUT2D eigenvalue weighted by molar-refractivity contribution is 5.91. The molecule has 1 aromatic carbocycles. The number of carbonyl (C=O) groups is 2. The summed E-state index contributed by atoms with van der Waals surface area (Å²) in [5.41, 5.74) is 1.83. The van der Waals surface area contributed by atoms with E-state index in [9.17, 15) is 9.59 Å². The van der Waals surface area contributed by atoms with Crippen LogP contribution in [0.3, 0.4) is 0 Å². The maximum absolute atomic E-state index is 11.1. The lowest BCUT2D eigenvalue weighted by molar-refractivity contribution is -0.131. The molecule has 1 aromatic rings. The molecule has 0 atom stereocenters. The number of esters is 1. The quantitative estimate of drug-likeness (QED) is 0.624. The van der Waals surface area contributed by atoms with Crippen molar-refractivity contribution in [3.05, 3.63) is 41.5 Å². The van der Waals surface area contributed by atoms with Crippen molar-refractivity contribution in [3.63, 3.8) is 0 Å². The summed E-state index contributed by atoms with van der Waals surface area (Å²) >= 11 is 0. The molecule has 1 N–H and O–H groups in total. The summed E-state index contributed by atoms with van der Waals surface area (Å²) in [5.74, 6) is -1.40. The van der Waals surface area contributed by atoms with Gasteiger partial charge in [-0.1, -0.05) is 12.1 Å². The summed E-state index contributed by atoms with van der Waals surface area (Å²) in [7, 11) is 1.31. The minimum atomic E-state index is -0.991. The van der Waals surface area contributed by atoms with Crippen molar-refractivity contribution in [1.82, 2.24) is 0 Å². The zero-order valence-electron chi connectivity index (χ0n) is 9.06. The second-order valence-electron chi connectivity index (χ2n) is 3.23. The van der Waals surface area contributed by atoms with Crippen LogP contribution < -0.4 is 0 Å². The number of methoxy groups -OCH3 is 1. The zero-order valence-corrected chi connectivity index (χ0v) is 9.06. The van der Waals surface area contributed by atoms with E-state index in [1.807, 2.05) is 0 Å². The number of carboxylic acids is 1. The van der Waals surface area contributed by atoms with Gasteiger partial charge in [-0.2, -0.15) is 0 Å². The largest absolute Gasteiger partial charge is 0.478 e. The van der Waals surface area contributed by atoms with Gasteiger partial charge in [0.1, 0.15) is 0 Å². The molecule has 1 rings (SSSR count). The summed E-state index contributed by atoms with van der Waals surface area (Å²) in [6, 6.07) is 6.56. The molecule has 0 heterocycles. The Balaban J connectivity index is 2.95. The molecule has 0 fully saturated rings. The Morgan fingerprint density at radius 3 is 2.12 bits per heavy atom. The van der Waals surface area contributed by atoms with E-state index in [-0.39, 0.29) is 0 Å². The lowest BCUT2D eigenvalue weighted by Crippen LogP contribution is -2.00. The Hall–Kier alpha value is -2.10. The van der Waals surface area contributed by atoms with Gasteiger partial charge in [0.15, 0.2) is 0 Å². The van der Waals surface area contributed by atoms with Gasteiger partial charge in [0.2, 0.25) is 0 Å². The van der Waals surface area contributed by atoms with Gasteiger partial charge in [0.25, 0.3) is 0 Å². The molecule has 84 valence electrons. The molecule has 0 aliphatic rings. The summed E-state index contributed by atoms with van der Waals surface area (Å²) < 4.78 is 4.55. The van der Waals surface area contributed by atoms with Crippen LogP contribution in [0.25, 0.3) is 5.57 Å². The number of hydrogen-bond donors (Lipinski definition) is 1. The fourth-order valence-electron chi connectivity index (χ4n) is 1.26. The standard InChI is InChI=1S/C12H12O4/c1-8(7-11(13)14)9-3-5-10(6-4-9)12(15)16-2/h3-7H,1-2H3,(H,13,14)/b8-7+. The summed E-state index contributed by atoms with van der Waals surface area (Å²) in [6.07, 6.45) is 1.12. The Bertz CT molecular complexity index is 429. The normalized spacial score (nSPS) is 11.0. The Morgan fingerprint density at radius 1 is 1.19 bits per heavy atom. The van der Waals surface area contributed by atoms with Crippen LogP contribution in [-0.2, 0) is 9.53 Å². The monoisotopic (exact) mass is 220 g/mol. The van der Waals surface area contributed by atoms with E-state index in [0.717, 1.165) is 11.6 Å². The summed E-state index contributed by atoms with van der Waals surface area (Å²) in [4.78, 5) is 21.6. The lowest BCUT2D eigenvalue weighted by Gasteiger charge is -2.02. The van der Waals surface area contributed by atoms with Crippen LogP contribution in [0.2, 0.25) is 0 Å². The highest BCUT2D eigenvalue weighted by Gasteiger charge is 2.05. The Kier molecular flexibility index (Phi) is 3.83. The fraction of sp³-hybridized carbons (Fsp3) is 0.167. The first-order valence-electron chi connectivity index (χ1n) is 4.64. The third kappa shape index (κ3) is 2.95. The molecule has 16 heavy (non-hydrogen) atoms. The van der Waals surface area contributed by atoms with Crippen LogP contribution in [0.4, 0.5) is 0 Å². The molecule has 0 aromatic heterocycles. The van der Waals surface area contributed by atoms with Crippen molar-refractivity contribution in [2.45, 2.75) is 6.92 Å². The molecule has 0 saturated heterocycles. The maximum Gasteiger partial charge on any atom is 0.337 e. The zero-order chi connectivity index (χ0) is 12.1. The molecule has 0 unspecified atom stereocenters. The molecule has 0 bridgehead atoms. The van der Waals surface area contributed by atoms with Gasteiger partial charge in [0, 0.05) is 6.08 Å². The lowest BCUT2D eigenvalue weighted by atomic mass is 10.1. The van der Waals surface area contributed by atoms with E-state index >= 15 is 0 Å². The molecule has 0 aliphatic carbocycles. The molecular formula is C12H12O4. The number of rotatable bonds is 3. The Morgan fingerprint density at radius 2 is 1.69 bits per heavy atom. The van der Waals surface area contributed by atoms with E-state index in [1.165, 1.54) is 7.11 Å². The van der Waals surface area contributed by atoms with Gasteiger partial charge in [-0.25, -0.2) is 9.59 Å². The highest BCUT2D eigenvalue weighted by atomic mass is 16.5. The maximum atomic E-state index is 11.1. The van der Waals surface area contributed by atoms with Crippen LogP contribution >= 0.6 is 0 Å². The molecular weight excluding hydrogens is 208 g/mol. The van der Waals surface area contributed by atoms with Gasteiger partial charge in [-0.15, -0.1) is 0 Å². The minimum Gasteiger partial charge on any atom is -0.478 e. The summed E-state index contributed by atoms with van der Waals surface area (Å²) in [6.45, 7) is 1.70. The van der Waals surface area contributed by atoms with Crippen LogP contribution in [0.5, 0.6) is 0 Å². The van der Waals surface area contributed by atoms with Crippen molar-refractivity contribution < 1.29 is 19.4 Å². The van der Waals surface area contributed by atoms with Crippen molar-refractivity contribution in [2.75, 3.05) is 7.11 Å². The van der Waals surface area contributed by atoms with Crippen molar-refractivity contribution in [2.24, 2.45) is 0 Å². The van der Waals surface area contributed by atoms with Crippen LogP contribution in [0.15, 0.2) is 30.3 Å². The topological polar surface area (TPSA) is 63.6 Å². The van der Waals surface area contributed by atoms with E-state index in [2.05, 4.69) is 4.74 Å². The highest BCUT2D eigenvalue weighted by Crippen LogP contribution is 2.14. The summed E-state index contributed by atoms with van der Waals surface area (Å²) in [5, 5.41) is 8.58. The van der Waals surface area contributed by atoms with E-state index < -0.39 is 11.9 Å². The fourth-order valence-corrected chi connectivity index (χ4v) is 1.26. The number of aliphatic carboxylic acids is 1. The van der Waals surface area contributed by atoms with Gasteiger partial charge in [-0.05, 0) is 30.2 Å². The van der Waals surface area contributed by atoms with Gasteiger partial charge < -0.3 is 9.84 Å². The van der Waals surface area contributed by atoms with Crippen LogP contribution in [0.1, 0.15) is 22.8 Å². The van der Waals surface area contributed by atoms with Crippen molar-refractivity contribution in [1.29, 1.82) is 0 Å². The first-order chi connectivity index (χ1) is 7.54. The molecule has 0 aliphatic heterocycles. The van der Waals surface area contributed by atoms with Gasteiger partial charge >= 0.3 is 11.9 Å². The van der Waals surface area contributed by atoms with E-state index in [0.29, 0.717) is 11.1 Å². The molecule has 0 amide bonds. The number of carbonyl (C=O) groups excluding carboxylic acids is 1. The molecule has 0 spiro atoms. The first kappa shape index (κ1) is 12.0. The SMILES string of the molecule is COC(=O)c1ccc(/C(C)=C/C(=O)O)cc1. The van der Waals surface area contributed by atoms with E-state index in [1.54, 1.807) is 31.2 Å².